The molecular weight excluding hydrogens is 280 g/mol. The highest BCUT2D eigenvalue weighted by atomic mass is 35.5. The summed E-state index contributed by atoms with van der Waals surface area (Å²) < 4.78 is 5.24. The van der Waals surface area contributed by atoms with Gasteiger partial charge in [0.25, 0.3) is 5.91 Å². The van der Waals surface area contributed by atoms with Crippen molar-refractivity contribution in [2.24, 2.45) is 5.73 Å². The summed E-state index contributed by atoms with van der Waals surface area (Å²) >= 11 is 6.12. The van der Waals surface area contributed by atoms with Gasteiger partial charge in [-0.15, -0.1) is 10.2 Å². The molecule has 1 amide bonds. The molecule has 0 aliphatic rings. The van der Waals surface area contributed by atoms with Gasteiger partial charge >= 0.3 is 0 Å². The van der Waals surface area contributed by atoms with Crippen LogP contribution in [0.25, 0.3) is 0 Å². The molecule has 0 aliphatic carbocycles. The molecule has 0 spiro atoms. The van der Waals surface area contributed by atoms with Gasteiger partial charge in [0.1, 0.15) is 11.6 Å². The first-order chi connectivity index (χ1) is 9.61. The van der Waals surface area contributed by atoms with Crippen molar-refractivity contribution in [2.75, 3.05) is 12.4 Å². The van der Waals surface area contributed by atoms with E-state index in [1.165, 1.54) is 6.07 Å². The van der Waals surface area contributed by atoms with Crippen LogP contribution in [0.4, 0.5) is 5.82 Å². The Labute approximate surface area is 120 Å². The molecule has 6 nitrogen and oxygen atoms in total. The van der Waals surface area contributed by atoms with Crippen molar-refractivity contribution in [3.05, 3.63) is 46.6 Å². The maximum absolute atomic E-state index is 10.9. The second kappa shape index (κ2) is 6.21. The van der Waals surface area contributed by atoms with Crippen molar-refractivity contribution in [3.63, 3.8) is 0 Å². The van der Waals surface area contributed by atoms with E-state index in [1.54, 1.807) is 19.2 Å². The number of rotatable bonds is 5. The summed E-state index contributed by atoms with van der Waals surface area (Å²) in [5, 5.41) is 11.2. The summed E-state index contributed by atoms with van der Waals surface area (Å²) in [6.07, 6.45) is 0. The Kier molecular flexibility index (Phi) is 4.37. The number of halogens is 1. The molecule has 1 heterocycles. The molecule has 0 bridgehead atoms. The van der Waals surface area contributed by atoms with Crippen molar-refractivity contribution >= 4 is 23.3 Å². The average molecular weight is 293 g/mol. The topological polar surface area (TPSA) is 90.1 Å². The number of primary amides is 1. The lowest BCUT2D eigenvalue weighted by Gasteiger charge is -2.11. The van der Waals surface area contributed by atoms with E-state index in [9.17, 15) is 4.79 Å². The molecule has 1 aromatic carbocycles. The third-order valence-electron chi connectivity index (χ3n) is 2.66. The van der Waals surface area contributed by atoms with Gasteiger partial charge in [-0.05, 0) is 24.3 Å². The van der Waals surface area contributed by atoms with Crippen molar-refractivity contribution < 1.29 is 9.53 Å². The standard InChI is InChI=1S/C13H13ClN4O2/c1-20-11-4-2-3-9(14)8(11)7-16-12-6-5-10(13(15)19)17-18-12/h2-6H,7H2,1H3,(H2,15,19)(H,16,18). The van der Waals surface area contributed by atoms with E-state index in [4.69, 9.17) is 22.1 Å². The molecule has 2 rings (SSSR count). The summed E-state index contributed by atoms with van der Waals surface area (Å²) in [6.45, 7) is 0.424. The summed E-state index contributed by atoms with van der Waals surface area (Å²) in [7, 11) is 1.58. The van der Waals surface area contributed by atoms with Crippen LogP contribution in [-0.4, -0.2) is 23.2 Å². The van der Waals surface area contributed by atoms with Crippen LogP contribution in [0.1, 0.15) is 16.1 Å². The minimum atomic E-state index is -0.614. The van der Waals surface area contributed by atoms with Gasteiger partial charge in [0.2, 0.25) is 0 Å². The van der Waals surface area contributed by atoms with Gasteiger partial charge in [-0.1, -0.05) is 17.7 Å². The van der Waals surface area contributed by atoms with Crippen LogP contribution >= 0.6 is 11.6 Å². The molecule has 0 atom stereocenters. The first kappa shape index (κ1) is 14.1. The molecule has 0 saturated heterocycles. The third-order valence-corrected chi connectivity index (χ3v) is 3.01. The van der Waals surface area contributed by atoms with Crippen LogP contribution in [0.3, 0.4) is 0 Å². The van der Waals surface area contributed by atoms with E-state index in [0.29, 0.717) is 23.1 Å². The maximum Gasteiger partial charge on any atom is 0.269 e. The third kappa shape index (κ3) is 3.16. The predicted octanol–water partition coefficient (Wildman–Crippen LogP) is 1.85. The van der Waals surface area contributed by atoms with E-state index < -0.39 is 5.91 Å². The molecule has 1 aromatic heterocycles. The SMILES string of the molecule is COc1cccc(Cl)c1CNc1ccc(C(N)=O)nn1. The van der Waals surface area contributed by atoms with Gasteiger partial charge in [0, 0.05) is 17.1 Å². The van der Waals surface area contributed by atoms with Gasteiger partial charge < -0.3 is 15.8 Å². The van der Waals surface area contributed by atoms with E-state index >= 15 is 0 Å². The number of ether oxygens (including phenoxy) is 1. The van der Waals surface area contributed by atoms with Crippen LogP contribution in [0, 0.1) is 0 Å². The summed E-state index contributed by atoms with van der Waals surface area (Å²) in [5.74, 6) is 0.584. The average Bonchev–Trinajstić information content (AvgIpc) is 2.46. The number of carbonyl (C=O) groups is 1. The van der Waals surface area contributed by atoms with Crippen LogP contribution in [0.2, 0.25) is 5.02 Å². The Morgan fingerprint density at radius 1 is 1.35 bits per heavy atom. The smallest absolute Gasteiger partial charge is 0.269 e. The van der Waals surface area contributed by atoms with Crippen molar-refractivity contribution in [1.82, 2.24) is 10.2 Å². The number of hydrogen-bond donors (Lipinski definition) is 2. The second-order valence-corrected chi connectivity index (χ2v) is 4.35. The van der Waals surface area contributed by atoms with Crippen LogP contribution in [-0.2, 0) is 6.54 Å². The van der Waals surface area contributed by atoms with Gasteiger partial charge in [-0.25, -0.2) is 0 Å². The number of aromatic nitrogens is 2. The number of amides is 1. The van der Waals surface area contributed by atoms with E-state index in [-0.39, 0.29) is 5.69 Å². The summed E-state index contributed by atoms with van der Waals surface area (Å²) in [5.41, 5.74) is 6.02. The normalized spacial score (nSPS) is 10.1. The number of benzene rings is 1. The minimum absolute atomic E-state index is 0.117. The Bertz CT molecular complexity index is 616. The lowest BCUT2D eigenvalue weighted by molar-refractivity contribution is 0.0994. The molecule has 7 heteroatoms. The lowest BCUT2D eigenvalue weighted by Crippen LogP contribution is -2.14. The summed E-state index contributed by atoms with van der Waals surface area (Å²) in [4.78, 5) is 10.9. The van der Waals surface area contributed by atoms with Crippen molar-refractivity contribution in [3.8, 4) is 5.75 Å². The predicted molar refractivity (Wildman–Crippen MR) is 75.9 cm³/mol. The quantitative estimate of drug-likeness (QED) is 0.877. The van der Waals surface area contributed by atoms with Crippen molar-refractivity contribution in [2.45, 2.75) is 6.54 Å². The number of hydrogen-bond acceptors (Lipinski definition) is 5. The monoisotopic (exact) mass is 292 g/mol. The zero-order valence-electron chi connectivity index (χ0n) is 10.8. The summed E-state index contributed by atoms with van der Waals surface area (Å²) in [6, 6.07) is 8.54. The van der Waals surface area contributed by atoms with Gasteiger partial charge in [0.05, 0.1) is 7.11 Å². The molecular formula is C13H13ClN4O2. The molecule has 0 unspecified atom stereocenters. The van der Waals surface area contributed by atoms with E-state index in [2.05, 4.69) is 15.5 Å². The number of methoxy groups -OCH3 is 1. The number of nitrogens with zero attached hydrogens (tertiary/aromatic N) is 2. The molecule has 0 fully saturated rings. The lowest BCUT2D eigenvalue weighted by atomic mass is 10.2. The number of nitrogens with two attached hydrogens (primary N) is 1. The fourth-order valence-electron chi connectivity index (χ4n) is 1.64. The van der Waals surface area contributed by atoms with Gasteiger partial charge in [-0.2, -0.15) is 0 Å². The Morgan fingerprint density at radius 3 is 2.75 bits per heavy atom. The largest absolute Gasteiger partial charge is 0.496 e. The highest BCUT2D eigenvalue weighted by Crippen LogP contribution is 2.26. The Morgan fingerprint density at radius 2 is 2.15 bits per heavy atom. The number of nitrogens with one attached hydrogen (secondary N) is 1. The fourth-order valence-corrected chi connectivity index (χ4v) is 1.87. The molecule has 3 N–H and O–H groups in total. The van der Waals surface area contributed by atoms with Gasteiger partial charge in [-0.3, -0.25) is 4.79 Å². The molecule has 0 radical (unpaired) electrons. The molecule has 0 saturated carbocycles. The molecule has 0 aliphatic heterocycles. The maximum atomic E-state index is 10.9. The van der Waals surface area contributed by atoms with Gasteiger partial charge in [0.15, 0.2) is 5.69 Å². The highest BCUT2D eigenvalue weighted by Gasteiger charge is 2.08. The van der Waals surface area contributed by atoms with E-state index in [1.807, 2.05) is 12.1 Å². The first-order valence-electron chi connectivity index (χ1n) is 5.80. The van der Waals surface area contributed by atoms with E-state index in [0.717, 1.165) is 5.56 Å². The molecule has 2 aromatic rings. The Hall–Kier alpha value is -2.34. The Balaban J connectivity index is 2.11. The highest BCUT2D eigenvalue weighted by molar-refractivity contribution is 6.31. The fraction of sp³-hybridized carbons (Fsp3) is 0.154. The van der Waals surface area contributed by atoms with Crippen LogP contribution < -0.4 is 15.8 Å². The number of carbonyl (C=O) groups excluding carboxylic acids is 1. The van der Waals surface area contributed by atoms with Crippen LogP contribution in [0.5, 0.6) is 5.75 Å². The number of anilines is 1. The van der Waals surface area contributed by atoms with Crippen molar-refractivity contribution in [1.29, 1.82) is 0 Å². The second-order valence-electron chi connectivity index (χ2n) is 3.94. The van der Waals surface area contributed by atoms with Crippen LogP contribution in [0.15, 0.2) is 30.3 Å². The minimum Gasteiger partial charge on any atom is -0.496 e. The zero-order chi connectivity index (χ0) is 14.5. The molecule has 20 heavy (non-hydrogen) atoms. The first-order valence-corrected chi connectivity index (χ1v) is 6.18. The molecule has 104 valence electrons. The zero-order valence-corrected chi connectivity index (χ0v) is 11.5.